The highest BCUT2D eigenvalue weighted by Crippen LogP contribution is 2.07. The van der Waals surface area contributed by atoms with Crippen LogP contribution in [0.2, 0.25) is 0 Å². The molecular weight excluding hydrogens is 281 g/mol. The van der Waals surface area contributed by atoms with E-state index in [1.54, 1.807) is 0 Å². The van der Waals surface area contributed by atoms with Crippen molar-refractivity contribution in [3.63, 3.8) is 0 Å². The maximum Gasteiger partial charge on any atom is 0.407 e. The van der Waals surface area contributed by atoms with Crippen molar-refractivity contribution in [3.05, 3.63) is 0 Å². The van der Waals surface area contributed by atoms with Gasteiger partial charge >= 0.3 is 6.09 Å². The second-order valence-corrected chi connectivity index (χ2v) is 5.10. The number of carbonyl (C=O) groups is 1. The molecule has 1 atom stereocenters. The standard InChI is InChI=1S/C9H18INO2/c1-7(5-6-10)11-8(12)13-9(2,3)4/h7H,5-6H2,1-4H3,(H,11,12)/t7-/m0/s1. The van der Waals surface area contributed by atoms with Crippen molar-refractivity contribution in [1.82, 2.24) is 5.32 Å². The van der Waals surface area contributed by atoms with Gasteiger partial charge in [-0.2, -0.15) is 0 Å². The summed E-state index contributed by atoms with van der Waals surface area (Å²) in [7, 11) is 0. The highest BCUT2D eigenvalue weighted by molar-refractivity contribution is 14.1. The van der Waals surface area contributed by atoms with Gasteiger partial charge in [0.2, 0.25) is 0 Å². The van der Waals surface area contributed by atoms with E-state index < -0.39 is 5.60 Å². The maximum atomic E-state index is 11.2. The molecule has 0 aromatic carbocycles. The molecule has 3 nitrogen and oxygen atoms in total. The Hall–Kier alpha value is 0. The molecule has 0 aliphatic heterocycles. The Kier molecular flexibility index (Phi) is 5.67. The van der Waals surface area contributed by atoms with Gasteiger partial charge in [0.25, 0.3) is 0 Å². The Balaban J connectivity index is 3.74. The average Bonchev–Trinajstić information content (AvgIpc) is 1.81. The number of alkyl halides is 1. The van der Waals surface area contributed by atoms with E-state index in [-0.39, 0.29) is 12.1 Å². The van der Waals surface area contributed by atoms with Crippen molar-refractivity contribution >= 4 is 28.7 Å². The van der Waals surface area contributed by atoms with Crippen molar-refractivity contribution in [2.45, 2.75) is 45.8 Å². The number of rotatable bonds is 3. The van der Waals surface area contributed by atoms with Crippen molar-refractivity contribution in [2.75, 3.05) is 4.43 Å². The second kappa shape index (κ2) is 5.67. The molecule has 0 aliphatic carbocycles. The first kappa shape index (κ1) is 13.0. The van der Waals surface area contributed by atoms with Crippen LogP contribution in [0.3, 0.4) is 0 Å². The molecule has 0 aromatic rings. The summed E-state index contributed by atoms with van der Waals surface area (Å²) in [6.45, 7) is 7.54. The van der Waals surface area contributed by atoms with Gasteiger partial charge in [0.1, 0.15) is 5.60 Å². The van der Waals surface area contributed by atoms with Crippen LogP contribution < -0.4 is 5.32 Å². The molecule has 0 fully saturated rings. The lowest BCUT2D eigenvalue weighted by atomic mass is 10.2. The van der Waals surface area contributed by atoms with Crippen LogP contribution in [0.25, 0.3) is 0 Å². The van der Waals surface area contributed by atoms with Crippen LogP contribution in [0.4, 0.5) is 4.79 Å². The summed E-state index contributed by atoms with van der Waals surface area (Å²) in [6, 6.07) is 0.187. The molecule has 1 N–H and O–H groups in total. The molecule has 1 amide bonds. The molecule has 0 bridgehead atoms. The van der Waals surface area contributed by atoms with Gasteiger partial charge in [0.15, 0.2) is 0 Å². The van der Waals surface area contributed by atoms with Gasteiger partial charge in [0.05, 0.1) is 0 Å². The van der Waals surface area contributed by atoms with Gasteiger partial charge in [-0.05, 0) is 34.1 Å². The molecule has 0 spiro atoms. The lowest BCUT2D eigenvalue weighted by Gasteiger charge is -2.21. The van der Waals surface area contributed by atoms with Crippen molar-refractivity contribution in [3.8, 4) is 0 Å². The minimum atomic E-state index is -0.409. The molecule has 13 heavy (non-hydrogen) atoms. The number of amides is 1. The van der Waals surface area contributed by atoms with Gasteiger partial charge in [0, 0.05) is 10.5 Å². The number of alkyl carbamates (subject to hydrolysis) is 1. The number of hydrogen-bond donors (Lipinski definition) is 1. The first-order chi connectivity index (χ1) is 5.85. The van der Waals surface area contributed by atoms with E-state index in [1.165, 1.54) is 0 Å². The monoisotopic (exact) mass is 299 g/mol. The van der Waals surface area contributed by atoms with Crippen LogP contribution in [0.1, 0.15) is 34.1 Å². The Morgan fingerprint density at radius 1 is 1.54 bits per heavy atom. The summed E-state index contributed by atoms with van der Waals surface area (Å²) in [6.07, 6.45) is 0.643. The molecular formula is C9H18INO2. The summed E-state index contributed by atoms with van der Waals surface area (Å²) in [5, 5.41) is 2.77. The van der Waals surface area contributed by atoms with Crippen LogP contribution in [0.15, 0.2) is 0 Å². The molecule has 4 heteroatoms. The van der Waals surface area contributed by atoms with E-state index in [2.05, 4.69) is 27.9 Å². The van der Waals surface area contributed by atoms with E-state index in [0.717, 1.165) is 10.8 Å². The van der Waals surface area contributed by atoms with Gasteiger partial charge < -0.3 is 10.1 Å². The molecule has 78 valence electrons. The fourth-order valence-corrected chi connectivity index (χ4v) is 1.68. The summed E-state index contributed by atoms with van der Waals surface area (Å²) < 4.78 is 6.14. The first-order valence-corrected chi connectivity index (χ1v) is 5.93. The largest absolute Gasteiger partial charge is 0.444 e. The summed E-state index contributed by atoms with van der Waals surface area (Å²) in [4.78, 5) is 11.2. The third-order valence-electron chi connectivity index (χ3n) is 1.31. The highest BCUT2D eigenvalue weighted by atomic mass is 127. The Morgan fingerprint density at radius 3 is 2.46 bits per heavy atom. The Bertz CT molecular complexity index is 165. The third kappa shape index (κ3) is 8.33. The fraction of sp³-hybridized carbons (Fsp3) is 0.889. The SMILES string of the molecule is C[C@@H](CCI)NC(=O)OC(C)(C)C. The molecule has 0 rings (SSSR count). The summed E-state index contributed by atoms with van der Waals surface area (Å²) in [5.41, 5.74) is -0.409. The maximum absolute atomic E-state index is 11.2. The minimum absolute atomic E-state index is 0.187. The zero-order chi connectivity index (χ0) is 10.5. The van der Waals surface area contributed by atoms with Crippen molar-refractivity contribution in [2.24, 2.45) is 0 Å². The number of hydrogen-bond acceptors (Lipinski definition) is 2. The molecule has 0 radical (unpaired) electrons. The van der Waals surface area contributed by atoms with Gasteiger partial charge in [-0.15, -0.1) is 0 Å². The zero-order valence-electron chi connectivity index (χ0n) is 8.69. The molecule has 0 aliphatic rings. The van der Waals surface area contributed by atoms with Crippen molar-refractivity contribution in [1.29, 1.82) is 0 Å². The number of carbonyl (C=O) groups excluding carboxylic acids is 1. The van der Waals surface area contributed by atoms with Crippen molar-refractivity contribution < 1.29 is 9.53 Å². The average molecular weight is 299 g/mol. The minimum Gasteiger partial charge on any atom is -0.444 e. The van der Waals surface area contributed by atoms with Crippen LogP contribution >= 0.6 is 22.6 Å². The van der Waals surface area contributed by atoms with Crippen LogP contribution in [0, 0.1) is 0 Å². The highest BCUT2D eigenvalue weighted by Gasteiger charge is 2.17. The third-order valence-corrected chi connectivity index (χ3v) is 1.93. The normalized spacial score (nSPS) is 13.6. The quantitative estimate of drug-likeness (QED) is 0.643. The fourth-order valence-electron chi connectivity index (χ4n) is 0.745. The predicted octanol–water partition coefficient (Wildman–Crippen LogP) is 2.72. The molecule has 0 aromatic heterocycles. The molecule has 0 unspecified atom stereocenters. The lowest BCUT2D eigenvalue weighted by molar-refractivity contribution is 0.0508. The Morgan fingerprint density at radius 2 is 2.08 bits per heavy atom. The van der Waals surface area contributed by atoms with E-state index >= 15 is 0 Å². The first-order valence-electron chi connectivity index (χ1n) is 4.40. The topological polar surface area (TPSA) is 38.3 Å². The van der Waals surface area contributed by atoms with Crippen LogP contribution in [0.5, 0.6) is 0 Å². The lowest BCUT2D eigenvalue weighted by Crippen LogP contribution is -2.37. The molecule has 0 saturated heterocycles. The van der Waals surface area contributed by atoms with E-state index in [9.17, 15) is 4.79 Å². The summed E-state index contributed by atoms with van der Waals surface area (Å²) >= 11 is 2.29. The van der Waals surface area contributed by atoms with Crippen LogP contribution in [-0.4, -0.2) is 22.2 Å². The van der Waals surface area contributed by atoms with Crippen LogP contribution in [-0.2, 0) is 4.74 Å². The second-order valence-electron chi connectivity index (χ2n) is 4.02. The van der Waals surface area contributed by atoms with Gasteiger partial charge in [-0.3, -0.25) is 0 Å². The number of halogens is 1. The van der Waals surface area contributed by atoms with E-state index in [4.69, 9.17) is 4.74 Å². The molecule has 0 saturated carbocycles. The Labute approximate surface area is 93.7 Å². The van der Waals surface area contributed by atoms with E-state index in [0.29, 0.717) is 0 Å². The van der Waals surface area contributed by atoms with Gasteiger partial charge in [-0.1, -0.05) is 22.6 Å². The van der Waals surface area contributed by atoms with E-state index in [1.807, 2.05) is 27.7 Å². The summed E-state index contributed by atoms with van der Waals surface area (Å²) in [5.74, 6) is 0. The molecule has 0 heterocycles. The predicted molar refractivity (Wildman–Crippen MR) is 62.3 cm³/mol. The van der Waals surface area contributed by atoms with Gasteiger partial charge in [-0.25, -0.2) is 4.79 Å². The smallest absolute Gasteiger partial charge is 0.407 e. The number of nitrogens with one attached hydrogen (secondary N) is 1. The number of ether oxygens (including phenoxy) is 1. The zero-order valence-corrected chi connectivity index (χ0v) is 10.8.